The van der Waals surface area contributed by atoms with Crippen LogP contribution in [0.25, 0.3) is 38.1 Å². The molecule has 11 rings (SSSR count). The van der Waals surface area contributed by atoms with Crippen LogP contribution in [0.5, 0.6) is 0 Å². The molecule has 6 heteroatoms. The number of para-hydroxylation sites is 5. The summed E-state index contributed by atoms with van der Waals surface area (Å²) in [4.78, 5) is 34.9. The van der Waals surface area contributed by atoms with Crippen LogP contribution in [0.1, 0.15) is 11.1 Å². The predicted octanol–water partition coefficient (Wildman–Crippen LogP) is 10.9. The van der Waals surface area contributed by atoms with Crippen LogP contribution in [-0.2, 0) is 6.42 Å². The molecule has 240 valence electrons. The van der Waals surface area contributed by atoms with E-state index >= 15 is 0 Å². The third-order valence-electron chi connectivity index (χ3n) is 10.4. The average Bonchev–Trinajstić information content (AvgIpc) is 3.18. The maximum Gasteiger partial charge on any atom is 0.197 e. The van der Waals surface area contributed by atoms with Crippen LogP contribution < -0.4 is 20.7 Å². The molecule has 0 saturated heterocycles. The van der Waals surface area contributed by atoms with Crippen molar-refractivity contribution in [2.75, 3.05) is 9.80 Å². The fourth-order valence-corrected chi connectivity index (χ4v) is 9.31. The monoisotopic (exact) mass is 673 g/mol. The molecule has 0 bridgehead atoms. The second-order valence-electron chi connectivity index (χ2n) is 13.3. The van der Waals surface area contributed by atoms with Crippen LogP contribution in [0, 0.1) is 0 Å². The first kappa shape index (κ1) is 28.5. The molecule has 4 heterocycles. The molecule has 0 unspecified atom stereocenters. The molecular formula is C45H27N3O2S. The Morgan fingerprint density at radius 3 is 1.98 bits per heavy atom. The highest BCUT2D eigenvalue weighted by Gasteiger charge is 2.36. The van der Waals surface area contributed by atoms with Crippen molar-refractivity contribution >= 4 is 84.0 Å². The minimum Gasteiger partial charge on any atom is -0.308 e. The third-order valence-corrected chi connectivity index (χ3v) is 11.5. The van der Waals surface area contributed by atoms with E-state index in [-0.39, 0.29) is 10.9 Å². The number of hydrogen-bond donors (Lipinski definition) is 0. The van der Waals surface area contributed by atoms with E-state index < -0.39 is 0 Å². The molecule has 0 saturated carbocycles. The number of rotatable bonds is 3. The van der Waals surface area contributed by atoms with Crippen molar-refractivity contribution in [3.05, 3.63) is 183 Å². The van der Waals surface area contributed by atoms with E-state index in [1.54, 1.807) is 0 Å². The van der Waals surface area contributed by atoms with E-state index in [1.807, 2.05) is 66.4 Å². The lowest BCUT2D eigenvalue weighted by atomic mass is 9.97. The molecule has 5 nitrogen and oxygen atoms in total. The van der Waals surface area contributed by atoms with Gasteiger partial charge in [-0.3, -0.25) is 9.59 Å². The van der Waals surface area contributed by atoms with E-state index in [0.717, 1.165) is 44.9 Å². The molecule has 0 fully saturated rings. The summed E-state index contributed by atoms with van der Waals surface area (Å²) in [7, 11) is 0. The number of benzene rings is 7. The van der Waals surface area contributed by atoms with Gasteiger partial charge in [-0.2, -0.15) is 0 Å². The summed E-state index contributed by atoms with van der Waals surface area (Å²) in [6.07, 6.45) is 0.651. The Morgan fingerprint density at radius 2 is 1.10 bits per heavy atom. The SMILES string of the molecule is O=c1c2ccccc2n2c3ccc(Cc4ccc5c(c4)N(c4ccccc4)c4cccc6c4N5c4ccccc4S6)cc3c(=O)c3cccc1c32. The lowest BCUT2D eigenvalue weighted by molar-refractivity contribution is 1.09. The van der Waals surface area contributed by atoms with Crippen molar-refractivity contribution in [2.24, 2.45) is 0 Å². The van der Waals surface area contributed by atoms with Gasteiger partial charge in [0.2, 0.25) is 0 Å². The van der Waals surface area contributed by atoms with Gasteiger partial charge < -0.3 is 14.2 Å². The standard InChI is InChI=1S/C45H27N3O2S/c49-44-30-12-4-5-15-34(30)47-35-22-20-27(25-33(35)45(50)32-14-8-13-31(44)42(32)47)24-28-21-23-36-39(26-28)46(29-10-2-1-3-11-29)38-17-9-19-41-43(38)48(36)37-16-6-7-18-40(37)51-41/h1-23,25-26H,24H2. The first-order chi connectivity index (χ1) is 25.1. The second kappa shape index (κ2) is 10.6. The zero-order valence-corrected chi connectivity index (χ0v) is 28.0. The third kappa shape index (κ3) is 3.99. The quantitative estimate of drug-likeness (QED) is 0.138. The van der Waals surface area contributed by atoms with Crippen molar-refractivity contribution in [3.8, 4) is 0 Å². The molecule has 0 atom stereocenters. The fourth-order valence-electron chi connectivity index (χ4n) is 8.23. The summed E-state index contributed by atoms with van der Waals surface area (Å²) in [5.41, 5.74) is 11.2. The second-order valence-corrected chi connectivity index (χ2v) is 14.3. The van der Waals surface area contributed by atoms with E-state index in [2.05, 4.69) is 111 Å². The molecule has 0 N–H and O–H groups in total. The minimum absolute atomic E-state index is 0.0471. The average molecular weight is 674 g/mol. The van der Waals surface area contributed by atoms with Gasteiger partial charge in [0.1, 0.15) is 0 Å². The molecule has 0 spiro atoms. The van der Waals surface area contributed by atoms with Gasteiger partial charge in [-0.25, -0.2) is 0 Å². The van der Waals surface area contributed by atoms with E-state index in [0.29, 0.717) is 33.5 Å². The summed E-state index contributed by atoms with van der Waals surface area (Å²) < 4.78 is 2.10. The summed E-state index contributed by atoms with van der Waals surface area (Å²) in [5.74, 6) is 0. The lowest BCUT2D eigenvalue weighted by Crippen LogP contribution is -2.26. The Morgan fingerprint density at radius 1 is 0.451 bits per heavy atom. The Balaban J connectivity index is 1.10. The molecule has 0 aliphatic carbocycles. The number of aromatic nitrogens is 1. The van der Waals surface area contributed by atoms with Gasteiger partial charge >= 0.3 is 0 Å². The van der Waals surface area contributed by atoms with Gasteiger partial charge in [-0.1, -0.05) is 78.5 Å². The smallest absolute Gasteiger partial charge is 0.197 e. The van der Waals surface area contributed by atoms with Crippen LogP contribution in [0.3, 0.4) is 0 Å². The fraction of sp³-hybridized carbons (Fsp3) is 0.0222. The van der Waals surface area contributed by atoms with Crippen molar-refractivity contribution in [2.45, 2.75) is 16.2 Å². The van der Waals surface area contributed by atoms with Gasteiger partial charge in [-0.05, 0) is 102 Å². The highest BCUT2D eigenvalue weighted by molar-refractivity contribution is 7.99. The normalized spacial score (nSPS) is 13.2. The number of nitrogens with zero attached hydrogens (tertiary/aromatic N) is 3. The Hall–Kier alpha value is -6.37. The van der Waals surface area contributed by atoms with Crippen molar-refractivity contribution < 1.29 is 0 Å². The Bertz CT molecular complexity index is 3050. The molecule has 51 heavy (non-hydrogen) atoms. The summed E-state index contributed by atoms with van der Waals surface area (Å²) in [6, 6.07) is 51.9. The zero-order valence-electron chi connectivity index (χ0n) is 27.2. The first-order valence-corrected chi connectivity index (χ1v) is 17.9. The van der Waals surface area contributed by atoms with Crippen LogP contribution >= 0.6 is 11.8 Å². The maximum atomic E-state index is 14.1. The Kier molecular flexibility index (Phi) is 5.90. The minimum atomic E-state index is -0.0538. The lowest BCUT2D eigenvalue weighted by Gasteiger charge is -2.43. The number of fused-ring (bicyclic) bond motifs is 8. The number of anilines is 6. The molecular weight excluding hydrogens is 647 g/mol. The van der Waals surface area contributed by atoms with Gasteiger partial charge in [0.05, 0.1) is 45.0 Å². The molecule has 7 aromatic carbocycles. The zero-order chi connectivity index (χ0) is 33.8. The van der Waals surface area contributed by atoms with E-state index in [1.165, 1.54) is 21.2 Å². The van der Waals surface area contributed by atoms with Crippen molar-refractivity contribution in [1.82, 2.24) is 4.40 Å². The first-order valence-electron chi connectivity index (χ1n) is 17.1. The van der Waals surface area contributed by atoms with Gasteiger partial charge in [0, 0.05) is 37.0 Å². The largest absolute Gasteiger partial charge is 0.308 e. The highest BCUT2D eigenvalue weighted by atomic mass is 32.2. The summed E-state index contributed by atoms with van der Waals surface area (Å²) in [5, 5.41) is 2.42. The molecule has 0 amide bonds. The molecule has 2 aliphatic rings. The molecule has 9 aromatic rings. The topological polar surface area (TPSA) is 45.0 Å². The van der Waals surface area contributed by atoms with Gasteiger partial charge in [-0.15, -0.1) is 0 Å². The maximum absolute atomic E-state index is 14.1. The molecule has 2 aliphatic heterocycles. The van der Waals surface area contributed by atoms with Gasteiger partial charge in [0.25, 0.3) is 0 Å². The Labute approximate surface area is 296 Å². The van der Waals surface area contributed by atoms with Crippen molar-refractivity contribution in [3.63, 3.8) is 0 Å². The van der Waals surface area contributed by atoms with Crippen LogP contribution in [0.15, 0.2) is 171 Å². The summed E-state index contributed by atoms with van der Waals surface area (Å²) >= 11 is 1.82. The summed E-state index contributed by atoms with van der Waals surface area (Å²) in [6.45, 7) is 0. The van der Waals surface area contributed by atoms with Gasteiger partial charge in [0.15, 0.2) is 10.9 Å². The van der Waals surface area contributed by atoms with Crippen molar-refractivity contribution in [1.29, 1.82) is 0 Å². The number of pyridine rings is 2. The molecule has 2 aromatic heterocycles. The van der Waals surface area contributed by atoms with E-state index in [9.17, 15) is 9.59 Å². The van der Waals surface area contributed by atoms with Crippen LogP contribution in [-0.4, -0.2) is 4.40 Å². The predicted molar refractivity (Wildman–Crippen MR) is 210 cm³/mol. The number of hydrogen-bond acceptors (Lipinski definition) is 5. The van der Waals surface area contributed by atoms with Crippen LogP contribution in [0.4, 0.5) is 34.1 Å². The van der Waals surface area contributed by atoms with E-state index in [4.69, 9.17) is 0 Å². The molecule has 0 radical (unpaired) electrons. The highest BCUT2D eigenvalue weighted by Crippen LogP contribution is 2.61. The van der Waals surface area contributed by atoms with Crippen LogP contribution in [0.2, 0.25) is 0 Å².